The molecule has 2 aromatic carbocycles. The molecule has 230 valence electrons. The van der Waals surface area contributed by atoms with Crippen molar-refractivity contribution < 1.29 is 28.5 Å². The van der Waals surface area contributed by atoms with E-state index < -0.39 is 12.1 Å². The van der Waals surface area contributed by atoms with E-state index in [1.165, 1.54) is 12.1 Å². The van der Waals surface area contributed by atoms with Gasteiger partial charge in [0.05, 0.1) is 19.8 Å². The van der Waals surface area contributed by atoms with Gasteiger partial charge >= 0.3 is 0 Å². The van der Waals surface area contributed by atoms with E-state index in [0.29, 0.717) is 50.0 Å². The zero-order valence-electron chi connectivity index (χ0n) is 25.7. The fourth-order valence-corrected chi connectivity index (χ4v) is 5.02. The highest BCUT2D eigenvalue weighted by Gasteiger charge is 2.29. The van der Waals surface area contributed by atoms with Crippen LogP contribution in [0, 0.1) is 29.5 Å². The van der Waals surface area contributed by atoms with Gasteiger partial charge in [0.15, 0.2) is 11.5 Å². The minimum Gasteiger partial charge on any atom is -0.493 e. The van der Waals surface area contributed by atoms with Crippen molar-refractivity contribution in [1.29, 1.82) is 0 Å². The van der Waals surface area contributed by atoms with Crippen LogP contribution in [0.1, 0.15) is 58.1 Å². The summed E-state index contributed by atoms with van der Waals surface area (Å²) >= 11 is 0. The summed E-state index contributed by atoms with van der Waals surface area (Å²) in [6.07, 6.45) is 2.21. The van der Waals surface area contributed by atoms with Gasteiger partial charge in [-0.25, -0.2) is 4.39 Å². The molecule has 0 spiro atoms. The Kier molecular flexibility index (Phi) is 15.1. The zero-order chi connectivity index (χ0) is 30.4. The number of ether oxygens (including phenoxy) is 3. The Morgan fingerprint density at radius 3 is 2.37 bits per heavy atom. The third-order valence-electron chi connectivity index (χ3n) is 7.73. The van der Waals surface area contributed by atoms with Gasteiger partial charge in [-0.05, 0) is 78.8 Å². The van der Waals surface area contributed by atoms with Crippen LogP contribution in [0.25, 0.3) is 0 Å². The number of nitrogens with one attached hydrogen (secondary N) is 1. The third kappa shape index (κ3) is 12.0. The van der Waals surface area contributed by atoms with Crippen LogP contribution in [0.15, 0.2) is 42.5 Å². The number of carbonyl (C=O) groups is 1. The second-order valence-electron chi connectivity index (χ2n) is 11.6. The molecular weight excluding hydrogens is 523 g/mol. The molecule has 0 radical (unpaired) electrons. The lowest BCUT2D eigenvalue weighted by Crippen LogP contribution is -2.43. The lowest BCUT2D eigenvalue weighted by atomic mass is 9.81. The highest BCUT2D eigenvalue weighted by atomic mass is 19.1. The number of hydrogen-bond donors (Lipinski definition) is 3. The normalized spacial score (nSPS) is 14.5. The van der Waals surface area contributed by atoms with E-state index in [1.54, 1.807) is 20.3 Å². The number of benzene rings is 2. The average molecular weight is 575 g/mol. The molecule has 4 N–H and O–H groups in total. The van der Waals surface area contributed by atoms with Crippen LogP contribution in [0.4, 0.5) is 4.39 Å². The molecule has 2 rings (SSSR count). The second kappa shape index (κ2) is 18.0. The van der Waals surface area contributed by atoms with Crippen LogP contribution in [0.5, 0.6) is 11.5 Å². The minimum atomic E-state index is -0.812. The molecule has 1 amide bonds. The molecule has 0 saturated carbocycles. The monoisotopic (exact) mass is 574 g/mol. The predicted molar refractivity (Wildman–Crippen MR) is 162 cm³/mol. The lowest BCUT2D eigenvalue weighted by molar-refractivity contribution is -0.127. The van der Waals surface area contributed by atoms with Gasteiger partial charge in [0.2, 0.25) is 5.91 Å². The summed E-state index contributed by atoms with van der Waals surface area (Å²) in [6, 6.07) is 11.9. The molecule has 2 aromatic rings. The molecule has 0 aliphatic rings. The molecule has 0 saturated heterocycles. The first kappa shape index (κ1) is 34.5. The van der Waals surface area contributed by atoms with Crippen LogP contribution in [0.2, 0.25) is 0 Å². The number of amides is 1. The van der Waals surface area contributed by atoms with Crippen molar-refractivity contribution in [3.05, 3.63) is 59.4 Å². The van der Waals surface area contributed by atoms with Crippen LogP contribution in [-0.4, -0.2) is 57.1 Å². The third-order valence-corrected chi connectivity index (χ3v) is 7.73. The van der Waals surface area contributed by atoms with E-state index in [9.17, 15) is 14.3 Å². The minimum absolute atomic E-state index is 0.0357. The standard InChI is InChI=1S/C33H51FN2O5/c1-22(2)26(17-25-11-12-31(40-6)32(19-25)41-16-8-15-39-5)20-29(35)30(37)21-28(23(3)4)33(38)36-14-13-24-9-7-10-27(34)18-24/h7,9-12,18-19,22-23,26,28-30,37H,8,13-17,20-21,35H2,1-6H3,(H,36,38)/t26-,28-,29-,30-/m0/s1. The van der Waals surface area contributed by atoms with E-state index in [4.69, 9.17) is 19.9 Å². The molecule has 0 aliphatic heterocycles. The fraction of sp³-hybridized carbons (Fsp3) is 0.606. The van der Waals surface area contributed by atoms with E-state index in [0.717, 1.165) is 24.0 Å². The quantitative estimate of drug-likeness (QED) is 0.200. The summed E-state index contributed by atoms with van der Waals surface area (Å²) in [5.41, 5.74) is 8.49. The number of methoxy groups -OCH3 is 2. The van der Waals surface area contributed by atoms with E-state index in [1.807, 2.05) is 38.1 Å². The number of halogens is 1. The van der Waals surface area contributed by atoms with E-state index in [-0.39, 0.29) is 35.9 Å². The van der Waals surface area contributed by atoms with Crippen LogP contribution in [-0.2, 0) is 22.4 Å². The van der Waals surface area contributed by atoms with Gasteiger partial charge in [-0.3, -0.25) is 4.79 Å². The number of hydrogen-bond acceptors (Lipinski definition) is 6. The summed E-state index contributed by atoms with van der Waals surface area (Å²) in [6.45, 7) is 9.86. The number of rotatable bonds is 19. The van der Waals surface area contributed by atoms with Gasteiger partial charge in [-0.2, -0.15) is 0 Å². The van der Waals surface area contributed by atoms with Gasteiger partial charge in [0, 0.05) is 38.6 Å². The molecule has 7 nitrogen and oxygen atoms in total. The van der Waals surface area contributed by atoms with Crippen LogP contribution < -0.4 is 20.5 Å². The van der Waals surface area contributed by atoms with Crippen LogP contribution >= 0.6 is 0 Å². The SMILES string of the molecule is COCCCOc1cc(C[C@@H](C[C@H](N)[C@@H](O)C[C@H](C(=O)NCCc2cccc(F)c2)C(C)C)C(C)C)ccc1OC. The van der Waals surface area contributed by atoms with Crippen molar-refractivity contribution in [3.63, 3.8) is 0 Å². The first-order valence-corrected chi connectivity index (χ1v) is 14.8. The van der Waals surface area contributed by atoms with Crippen molar-refractivity contribution in [2.24, 2.45) is 29.4 Å². The Bertz CT molecular complexity index is 1050. The molecule has 0 fully saturated rings. The highest BCUT2D eigenvalue weighted by molar-refractivity contribution is 5.78. The maximum Gasteiger partial charge on any atom is 0.223 e. The summed E-state index contributed by atoms with van der Waals surface area (Å²) in [5.74, 6) is 1.22. The van der Waals surface area contributed by atoms with Crippen molar-refractivity contribution in [3.8, 4) is 11.5 Å². The van der Waals surface area contributed by atoms with E-state index in [2.05, 4.69) is 19.2 Å². The van der Waals surface area contributed by atoms with Gasteiger partial charge in [-0.1, -0.05) is 45.9 Å². The Morgan fingerprint density at radius 2 is 1.73 bits per heavy atom. The largest absolute Gasteiger partial charge is 0.493 e. The molecule has 0 bridgehead atoms. The summed E-state index contributed by atoms with van der Waals surface area (Å²) < 4.78 is 30.0. The van der Waals surface area contributed by atoms with Crippen molar-refractivity contribution >= 4 is 5.91 Å². The van der Waals surface area contributed by atoms with Gasteiger partial charge < -0.3 is 30.4 Å². The second-order valence-corrected chi connectivity index (χ2v) is 11.6. The molecule has 8 heteroatoms. The number of carbonyl (C=O) groups excluding carboxylic acids is 1. The molecular formula is C33H51FN2O5. The van der Waals surface area contributed by atoms with E-state index >= 15 is 0 Å². The summed E-state index contributed by atoms with van der Waals surface area (Å²) in [5, 5.41) is 14.0. The Labute approximate surface area is 246 Å². The maximum absolute atomic E-state index is 13.4. The van der Waals surface area contributed by atoms with Crippen molar-refractivity contribution in [2.75, 3.05) is 34.0 Å². The molecule has 0 heterocycles. The van der Waals surface area contributed by atoms with Crippen LogP contribution in [0.3, 0.4) is 0 Å². The number of aliphatic hydroxyl groups excluding tert-OH is 1. The summed E-state index contributed by atoms with van der Waals surface area (Å²) in [4.78, 5) is 13.0. The Hall–Kier alpha value is -2.68. The molecule has 0 aliphatic carbocycles. The van der Waals surface area contributed by atoms with Crippen molar-refractivity contribution in [1.82, 2.24) is 5.32 Å². The van der Waals surface area contributed by atoms with Gasteiger partial charge in [0.1, 0.15) is 5.82 Å². The Morgan fingerprint density at radius 1 is 0.976 bits per heavy atom. The predicted octanol–water partition coefficient (Wildman–Crippen LogP) is 5.16. The topological polar surface area (TPSA) is 103 Å². The lowest BCUT2D eigenvalue weighted by Gasteiger charge is -2.30. The molecule has 41 heavy (non-hydrogen) atoms. The van der Waals surface area contributed by atoms with Gasteiger partial charge in [-0.15, -0.1) is 0 Å². The maximum atomic E-state index is 13.4. The average Bonchev–Trinajstić information content (AvgIpc) is 2.93. The smallest absolute Gasteiger partial charge is 0.223 e. The molecule has 0 unspecified atom stereocenters. The highest BCUT2D eigenvalue weighted by Crippen LogP contribution is 2.31. The fourth-order valence-electron chi connectivity index (χ4n) is 5.02. The zero-order valence-corrected chi connectivity index (χ0v) is 25.7. The molecule has 4 atom stereocenters. The number of nitrogens with two attached hydrogens (primary N) is 1. The Balaban J connectivity index is 1.97. The van der Waals surface area contributed by atoms with Gasteiger partial charge in [0.25, 0.3) is 0 Å². The molecule has 0 aromatic heterocycles. The first-order chi connectivity index (χ1) is 19.5. The number of aliphatic hydroxyl groups is 1. The van der Waals surface area contributed by atoms with Crippen molar-refractivity contribution in [2.45, 2.75) is 71.9 Å². The first-order valence-electron chi connectivity index (χ1n) is 14.8. The summed E-state index contributed by atoms with van der Waals surface area (Å²) in [7, 11) is 3.30.